The summed E-state index contributed by atoms with van der Waals surface area (Å²) in [7, 11) is 0. The second-order valence-electron chi connectivity index (χ2n) is 6.01. The predicted molar refractivity (Wildman–Crippen MR) is 92.4 cm³/mol. The molecular formula is C16H26Cl2FN3. The van der Waals surface area contributed by atoms with Crippen LogP contribution in [0.5, 0.6) is 0 Å². The van der Waals surface area contributed by atoms with Crippen molar-refractivity contribution in [3.8, 4) is 0 Å². The van der Waals surface area contributed by atoms with E-state index in [1.54, 1.807) is 6.20 Å². The summed E-state index contributed by atoms with van der Waals surface area (Å²) >= 11 is 0. The molecule has 1 atom stereocenters. The summed E-state index contributed by atoms with van der Waals surface area (Å²) < 4.78 is 14.2. The number of piperazine rings is 1. The fraction of sp³-hybridized carbons (Fsp3) is 0.688. The van der Waals surface area contributed by atoms with E-state index in [0.29, 0.717) is 5.92 Å². The van der Waals surface area contributed by atoms with E-state index in [1.165, 1.54) is 32.1 Å². The van der Waals surface area contributed by atoms with E-state index in [1.807, 2.05) is 12.1 Å². The Hall–Kier alpha value is -0.420. The highest BCUT2D eigenvalue weighted by molar-refractivity contribution is 5.85. The predicted octanol–water partition coefficient (Wildman–Crippen LogP) is 3.59. The molecule has 0 bridgehead atoms. The molecule has 3 rings (SSSR count). The highest BCUT2D eigenvalue weighted by Crippen LogP contribution is 2.38. The Morgan fingerprint density at radius 3 is 2.45 bits per heavy atom. The van der Waals surface area contributed by atoms with Gasteiger partial charge in [0, 0.05) is 44.0 Å². The molecule has 3 nitrogen and oxygen atoms in total. The van der Waals surface area contributed by atoms with Crippen molar-refractivity contribution in [2.24, 2.45) is 5.92 Å². The SMILES string of the molecule is Cl.Cl.Fc1ncccc1[C@@H](C1CCCCC1)N1CCNCC1. The Bertz CT molecular complexity index is 417. The van der Waals surface area contributed by atoms with Gasteiger partial charge in [0.2, 0.25) is 5.95 Å². The molecule has 126 valence electrons. The van der Waals surface area contributed by atoms with Crippen molar-refractivity contribution in [3.63, 3.8) is 0 Å². The van der Waals surface area contributed by atoms with E-state index < -0.39 is 0 Å². The van der Waals surface area contributed by atoms with Crippen LogP contribution in [0.4, 0.5) is 4.39 Å². The van der Waals surface area contributed by atoms with E-state index in [9.17, 15) is 4.39 Å². The number of hydrogen-bond donors (Lipinski definition) is 1. The van der Waals surface area contributed by atoms with Crippen LogP contribution in [0.25, 0.3) is 0 Å². The topological polar surface area (TPSA) is 28.2 Å². The molecule has 1 saturated carbocycles. The molecule has 2 heterocycles. The Balaban J connectivity index is 0.00000121. The molecule has 0 amide bonds. The van der Waals surface area contributed by atoms with Gasteiger partial charge >= 0.3 is 0 Å². The van der Waals surface area contributed by atoms with Crippen LogP contribution in [0, 0.1) is 11.9 Å². The van der Waals surface area contributed by atoms with Gasteiger partial charge in [-0.05, 0) is 24.8 Å². The van der Waals surface area contributed by atoms with Crippen LogP contribution in [0.2, 0.25) is 0 Å². The van der Waals surface area contributed by atoms with Gasteiger partial charge in [-0.25, -0.2) is 4.98 Å². The molecule has 2 aliphatic rings. The Morgan fingerprint density at radius 1 is 1.14 bits per heavy atom. The highest BCUT2D eigenvalue weighted by atomic mass is 35.5. The van der Waals surface area contributed by atoms with Gasteiger partial charge in [-0.15, -0.1) is 24.8 Å². The molecule has 1 aromatic rings. The third kappa shape index (κ3) is 4.54. The lowest BCUT2D eigenvalue weighted by Crippen LogP contribution is -2.47. The van der Waals surface area contributed by atoms with E-state index >= 15 is 0 Å². The molecule has 1 aliphatic heterocycles. The van der Waals surface area contributed by atoms with Gasteiger partial charge in [0.1, 0.15) is 0 Å². The van der Waals surface area contributed by atoms with Gasteiger partial charge in [0.25, 0.3) is 0 Å². The number of rotatable bonds is 3. The number of halogens is 3. The zero-order valence-electron chi connectivity index (χ0n) is 12.8. The van der Waals surface area contributed by atoms with Crippen LogP contribution in [0.1, 0.15) is 43.7 Å². The fourth-order valence-corrected chi connectivity index (χ4v) is 3.78. The zero-order valence-corrected chi connectivity index (χ0v) is 14.5. The van der Waals surface area contributed by atoms with Crippen LogP contribution in [0.3, 0.4) is 0 Å². The lowest BCUT2D eigenvalue weighted by atomic mass is 9.80. The van der Waals surface area contributed by atoms with Crippen molar-refractivity contribution < 1.29 is 4.39 Å². The van der Waals surface area contributed by atoms with Gasteiger partial charge in [0.15, 0.2) is 0 Å². The smallest absolute Gasteiger partial charge is 0.217 e. The van der Waals surface area contributed by atoms with Crippen molar-refractivity contribution in [1.29, 1.82) is 0 Å². The lowest BCUT2D eigenvalue weighted by molar-refractivity contribution is 0.0999. The Morgan fingerprint density at radius 2 is 1.82 bits per heavy atom. The molecule has 0 unspecified atom stereocenters. The van der Waals surface area contributed by atoms with Gasteiger partial charge in [-0.3, -0.25) is 4.90 Å². The number of nitrogens with zero attached hydrogens (tertiary/aromatic N) is 2. The second-order valence-corrected chi connectivity index (χ2v) is 6.01. The standard InChI is InChI=1S/C16H24FN3.2ClH/c17-16-14(7-4-8-19-16)15(13-5-2-1-3-6-13)20-11-9-18-10-12-20;;/h4,7-8,13,15,18H,1-3,5-6,9-12H2;2*1H/t15-;;/m1../s1. The molecule has 22 heavy (non-hydrogen) atoms. The minimum atomic E-state index is -0.276. The Kier molecular flexibility index (Phi) is 8.62. The molecule has 1 aromatic heterocycles. The minimum absolute atomic E-state index is 0. The molecular weight excluding hydrogens is 324 g/mol. The number of pyridine rings is 1. The molecule has 0 spiro atoms. The summed E-state index contributed by atoms with van der Waals surface area (Å²) in [6.45, 7) is 4.03. The average molecular weight is 350 g/mol. The zero-order chi connectivity index (χ0) is 13.8. The molecule has 6 heteroatoms. The van der Waals surface area contributed by atoms with Gasteiger partial charge < -0.3 is 5.32 Å². The van der Waals surface area contributed by atoms with Crippen LogP contribution < -0.4 is 5.32 Å². The average Bonchev–Trinajstić information content (AvgIpc) is 2.52. The highest BCUT2D eigenvalue weighted by Gasteiger charge is 2.32. The summed E-state index contributed by atoms with van der Waals surface area (Å²) in [6, 6.07) is 4.02. The largest absolute Gasteiger partial charge is 0.314 e. The normalized spacial score (nSPS) is 21.5. The monoisotopic (exact) mass is 349 g/mol. The minimum Gasteiger partial charge on any atom is -0.314 e. The molecule has 2 fully saturated rings. The first-order valence-electron chi connectivity index (χ1n) is 7.91. The van der Waals surface area contributed by atoms with E-state index in [-0.39, 0.29) is 36.8 Å². The van der Waals surface area contributed by atoms with Crippen molar-refractivity contribution in [2.75, 3.05) is 26.2 Å². The van der Waals surface area contributed by atoms with Gasteiger partial charge in [-0.1, -0.05) is 25.3 Å². The summed E-state index contributed by atoms with van der Waals surface area (Å²) in [5.41, 5.74) is 0.807. The van der Waals surface area contributed by atoms with Crippen LogP contribution in [0.15, 0.2) is 18.3 Å². The number of nitrogens with one attached hydrogen (secondary N) is 1. The van der Waals surface area contributed by atoms with Crippen LogP contribution >= 0.6 is 24.8 Å². The summed E-state index contributed by atoms with van der Waals surface area (Å²) in [5.74, 6) is 0.308. The first-order chi connectivity index (χ1) is 9.86. The van der Waals surface area contributed by atoms with Crippen molar-refractivity contribution in [1.82, 2.24) is 15.2 Å². The second kappa shape index (κ2) is 9.66. The van der Waals surface area contributed by atoms with E-state index in [2.05, 4.69) is 15.2 Å². The Labute approximate surface area is 144 Å². The van der Waals surface area contributed by atoms with Crippen LogP contribution in [-0.4, -0.2) is 36.1 Å². The molecule has 1 saturated heterocycles. The van der Waals surface area contributed by atoms with Crippen LogP contribution in [-0.2, 0) is 0 Å². The first-order valence-corrected chi connectivity index (χ1v) is 7.91. The quantitative estimate of drug-likeness (QED) is 0.845. The molecule has 0 radical (unpaired) electrons. The molecule has 0 aromatic carbocycles. The molecule has 1 aliphatic carbocycles. The van der Waals surface area contributed by atoms with E-state index in [4.69, 9.17) is 0 Å². The lowest BCUT2D eigenvalue weighted by Gasteiger charge is -2.41. The first kappa shape index (κ1) is 19.6. The number of hydrogen-bond acceptors (Lipinski definition) is 3. The van der Waals surface area contributed by atoms with Gasteiger partial charge in [0.05, 0.1) is 0 Å². The third-order valence-corrected chi connectivity index (χ3v) is 4.75. The maximum Gasteiger partial charge on any atom is 0.217 e. The van der Waals surface area contributed by atoms with Crippen molar-refractivity contribution >= 4 is 24.8 Å². The van der Waals surface area contributed by atoms with Crippen molar-refractivity contribution in [2.45, 2.75) is 38.1 Å². The summed E-state index contributed by atoms with van der Waals surface area (Å²) in [6.07, 6.45) is 7.91. The summed E-state index contributed by atoms with van der Waals surface area (Å²) in [4.78, 5) is 6.35. The van der Waals surface area contributed by atoms with Crippen molar-refractivity contribution in [3.05, 3.63) is 29.8 Å². The summed E-state index contributed by atoms with van der Waals surface area (Å²) in [5, 5.41) is 3.39. The van der Waals surface area contributed by atoms with Gasteiger partial charge in [-0.2, -0.15) is 4.39 Å². The fourth-order valence-electron chi connectivity index (χ4n) is 3.78. The third-order valence-electron chi connectivity index (χ3n) is 4.75. The maximum absolute atomic E-state index is 14.2. The molecule has 1 N–H and O–H groups in total. The maximum atomic E-state index is 14.2. The number of aromatic nitrogens is 1. The van der Waals surface area contributed by atoms with E-state index in [0.717, 1.165) is 31.7 Å².